The number of hydrogen-bond acceptors (Lipinski definition) is 2. The summed E-state index contributed by atoms with van der Waals surface area (Å²) in [5, 5.41) is 25.6. The van der Waals surface area contributed by atoms with Gasteiger partial charge in [0.25, 0.3) is 0 Å². The summed E-state index contributed by atoms with van der Waals surface area (Å²) < 4.78 is 0. The van der Waals surface area contributed by atoms with Crippen molar-refractivity contribution in [3.8, 4) is 12.1 Å². The molecule has 0 radical (unpaired) electrons. The lowest BCUT2D eigenvalue weighted by atomic mass is 10.4. The Balaban J connectivity index is 2.06. The van der Waals surface area contributed by atoms with Crippen LogP contribution in [0, 0.1) is 22.7 Å². The van der Waals surface area contributed by atoms with Crippen LogP contribution < -0.4 is 21.2 Å². The highest BCUT2D eigenvalue weighted by atomic mass is 31.2. The number of allylic oxidation sites excluding steroid dienone is 1. The molecule has 0 unspecified atom stereocenters. The van der Waals surface area contributed by atoms with Gasteiger partial charge in [-0.1, -0.05) is 121 Å². The molecule has 0 atom stereocenters. The number of benzene rings is 4. The molecule has 0 aliphatic rings. The van der Waals surface area contributed by atoms with Gasteiger partial charge >= 0.3 is 0 Å². The molecule has 0 aromatic heterocycles. The van der Waals surface area contributed by atoms with Crippen LogP contribution in [-0.2, 0) is 0 Å². The van der Waals surface area contributed by atoms with Crippen LogP contribution in [0.25, 0.3) is 0 Å². The van der Waals surface area contributed by atoms with Crippen molar-refractivity contribution >= 4 is 37.1 Å². The van der Waals surface area contributed by atoms with E-state index < -0.39 is 15.8 Å². The predicted octanol–water partition coefficient (Wildman–Crippen LogP) is 5.51. The molecule has 0 amide bonds. The number of nitriles is 2. The van der Waals surface area contributed by atoms with Crippen molar-refractivity contribution in [2.45, 2.75) is 0 Å². The van der Waals surface area contributed by atoms with Crippen molar-refractivity contribution < 1.29 is 0 Å². The molecule has 4 aromatic rings. The molecule has 2 nitrogen and oxygen atoms in total. The van der Waals surface area contributed by atoms with Crippen molar-refractivity contribution in [3.05, 3.63) is 132 Å². The fraction of sp³-hybridized carbons (Fsp3) is 0. The maximum absolute atomic E-state index is 10.1. The normalized spacial score (nSPS) is 10.4. The second-order valence-electron chi connectivity index (χ2n) is 6.94. The number of rotatable bonds is 6. The molecular weight excluding hydrogens is 426 g/mol. The molecule has 0 aliphatic heterocycles. The van der Waals surface area contributed by atoms with E-state index in [0.29, 0.717) is 0 Å². The van der Waals surface area contributed by atoms with Gasteiger partial charge in [0.1, 0.15) is 17.7 Å². The highest BCUT2D eigenvalue weighted by Crippen LogP contribution is 2.61. The molecule has 32 heavy (non-hydrogen) atoms. The van der Waals surface area contributed by atoms with E-state index in [1.54, 1.807) is 0 Å². The van der Waals surface area contributed by atoms with Gasteiger partial charge in [-0.3, -0.25) is 0 Å². The van der Waals surface area contributed by atoms with Crippen molar-refractivity contribution in [2.75, 3.05) is 0 Å². The Morgan fingerprint density at radius 2 is 0.688 bits per heavy atom. The SMILES string of the molecule is N#CC(C#N)=C(P(c1ccccc1)c1ccccc1)P(c1ccccc1)c1ccccc1. The zero-order valence-corrected chi connectivity index (χ0v) is 19.1. The molecule has 0 spiro atoms. The summed E-state index contributed by atoms with van der Waals surface area (Å²) in [7, 11) is -2.18. The molecule has 4 rings (SSSR count). The quantitative estimate of drug-likeness (QED) is 0.290. The smallest absolute Gasteiger partial charge is 0.139 e. The molecular formula is C28H20N2P2. The first-order chi connectivity index (χ1) is 15.8. The summed E-state index contributed by atoms with van der Waals surface area (Å²) in [6.45, 7) is 0. The lowest BCUT2D eigenvalue weighted by molar-refractivity contribution is 1.46. The number of hydrogen-bond donors (Lipinski definition) is 0. The van der Waals surface area contributed by atoms with E-state index >= 15 is 0 Å². The minimum Gasteiger partial charge on any atom is -0.192 e. The summed E-state index contributed by atoms with van der Waals surface area (Å²) in [4.78, 5) is 0. The molecule has 4 aromatic carbocycles. The first-order valence-electron chi connectivity index (χ1n) is 10.2. The second kappa shape index (κ2) is 10.7. The van der Waals surface area contributed by atoms with Gasteiger partial charge in [-0.05, 0) is 37.1 Å². The Kier molecular flexibility index (Phi) is 7.23. The van der Waals surface area contributed by atoms with E-state index in [9.17, 15) is 10.5 Å². The van der Waals surface area contributed by atoms with Crippen molar-refractivity contribution in [1.29, 1.82) is 10.5 Å². The molecule has 0 bridgehead atoms. The Morgan fingerprint density at radius 3 is 0.906 bits per heavy atom. The standard InChI is InChI=1S/C28H20N2P2/c29-21-23(22-30)28(31(24-13-5-1-6-14-24)25-15-7-2-8-16-25)32(26-17-9-3-10-18-26)27-19-11-4-12-20-27/h1-20H. The Bertz CT molecular complexity index is 1090. The van der Waals surface area contributed by atoms with Crippen LogP contribution in [0.15, 0.2) is 132 Å². The minimum atomic E-state index is -1.09. The Morgan fingerprint density at radius 1 is 0.438 bits per heavy atom. The van der Waals surface area contributed by atoms with Gasteiger partial charge in [0.05, 0.1) is 0 Å². The van der Waals surface area contributed by atoms with Crippen LogP contribution in [0.3, 0.4) is 0 Å². The van der Waals surface area contributed by atoms with Crippen LogP contribution in [0.2, 0.25) is 0 Å². The molecule has 0 saturated carbocycles. The predicted molar refractivity (Wildman–Crippen MR) is 136 cm³/mol. The summed E-state index contributed by atoms with van der Waals surface area (Å²) in [5.41, 5.74) is 0.211. The summed E-state index contributed by atoms with van der Waals surface area (Å²) in [5.74, 6) is 0. The third-order valence-electron chi connectivity index (χ3n) is 4.93. The van der Waals surface area contributed by atoms with E-state index in [2.05, 4.69) is 60.7 Å². The van der Waals surface area contributed by atoms with Crippen molar-refractivity contribution in [3.63, 3.8) is 0 Å². The van der Waals surface area contributed by atoms with Crippen LogP contribution in [0.4, 0.5) is 0 Å². The molecule has 0 heterocycles. The first kappa shape index (κ1) is 21.7. The van der Waals surface area contributed by atoms with Crippen LogP contribution in [0.1, 0.15) is 0 Å². The van der Waals surface area contributed by atoms with Gasteiger partial charge in [-0.25, -0.2) is 0 Å². The van der Waals surface area contributed by atoms with Crippen molar-refractivity contribution in [2.24, 2.45) is 0 Å². The van der Waals surface area contributed by atoms with Crippen molar-refractivity contribution in [1.82, 2.24) is 0 Å². The molecule has 0 fully saturated rings. The Labute approximate surface area is 191 Å². The Hall–Kier alpha value is -3.54. The third kappa shape index (κ3) is 4.69. The summed E-state index contributed by atoms with van der Waals surface area (Å²) in [6, 6.07) is 45.5. The average molecular weight is 446 g/mol. The topological polar surface area (TPSA) is 47.6 Å². The van der Waals surface area contributed by atoms with E-state index in [1.807, 2.05) is 72.8 Å². The van der Waals surface area contributed by atoms with E-state index in [1.165, 1.54) is 0 Å². The van der Waals surface area contributed by atoms with Crippen LogP contribution in [-0.4, -0.2) is 0 Å². The third-order valence-corrected chi connectivity index (χ3v) is 10.7. The zero-order valence-electron chi connectivity index (χ0n) is 17.3. The van der Waals surface area contributed by atoms with Gasteiger partial charge in [0.15, 0.2) is 0 Å². The van der Waals surface area contributed by atoms with Gasteiger partial charge in [-0.2, -0.15) is 10.5 Å². The summed E-state index contributed by atoms with van der Waals surface area (Å²) in [6.07, 6.45) is 0. The molecule has 152 valence electrons. The average Bonchev–Trinajstić information content (AvgIpc) is 2.87. The van der Waals surface area contributed by atoms with E-state index in [-0.39, 0.29) is 5.57 Å². The maximum Gasteiger partial charge on any atom is 0.139 e. The lowest BCUT2D eigenvalue weighted by Gasteiger charge is -2.30. The largest absolute Gasteiger partial charge is 0.192 e. The summed E-state index contributed by atoms with van der Waals surface area (Å²) >= 11 is 0. The second-order valence-corrected chi connectivity index (χ2v) is 11.6. The lowest BCUT2D eigenvalue weighted by Crippen LogP contribution is -2.19. The molecule has 0 aliphatic carbocycles. The molecule has 4 heteroatoms. The fourth-order valence-electron chi connectivity index (χ4n) is 3.54. The maximum atomic E-state index is 10.1. The van der Waals surface area contributed by atoms with Gasteiger partial charge in [0.2, 0.25) is 0 Å². The monoisotopic (exact) mass is 446 g/mol. The first-order valence-corrected chi connectivity index (χ1v) is 12.9. The van der Waals surface area contributed by atoms with Crippen LogP contribution >= 0.6 is 15.8 Å². The van der Waals surface area contributed by atoms with Gasteiger partial charge < -0.3 is 0 Å². The highest BCUT2D eigenvalue weighted by molar-refractivity contribution is 7.95. The van der Waals surface area contributed by atoms with E-state index in [4.69, 9.17) is 0 Å². The van der Waals surface area contributed by atoms with Gasteiger partial charge in [-0.15, -0.1) is 0 Å². The molecule has 0 saturated heterocycles. The zero-order chi connectivity index (χ0) is 22.2. The van der Waals surface area contributed by atoms with E-state index in [0.717, 1.165) is 26.3 Å². The fourth-order valence-corrected chi connectivity index (χ4v) is 9.83. The highest BCUT2D eigenvalue weighted by Gasteiger charge is 2.31. The number of nitrogens with zero attached hydrogens (tertiary/aromatic N) is 2. The molecule has 0 N–H and O–H groups in total. The van der Waals surface area contributed by atoms with Crippen LogP contribution in [0.5, 0.6) is 0 Å². The minimum absolute atomic E-state index is 0.211. The van der Waals surface area contributed by atoms with Gasteiger partial charge in [0, 0.05) is 5.06 Å².